The Bertz CT molecular complexity index is 734. The monoisotopic (exact) mass is 371 g/mol. The van der Waals surface area contributed by atoms with Crippen molar-refractivity contribution in [1.29, 1.82) is 0 Å². The number of nitrogens with zero attached hydrogens (tertiary/aromatic N) is 3. The van der Waals surface area contributed by atoms with E-state index in [0.717, 1.165) is 18.5 Å². The third-order valence-electron chi connectivity index (χ3n) is 4.46. The summed E-state index contributed by atoms with van der Waals surface area (Å²) in [6, 6.07) is 10.5. The highest BCUT2D eigenvalue weighted by molar-refractivity contribution is 5.79. The lowest BCUT2D eigenvalue weighted by molar-refractivity contribution is 0.0616. The Kier molecular flexibility index (Phi) is 7.02. The van der Waals surface area contributed by atoms with E-state index in [1.807, 2.05) is 26.2 Å². The molecule has 148 valence electrons. The van der Waals surface area contributed by atoms with Crippen molar-refractivity contribution >= 4 is 5.96 Å². The molecule has 0 spiro atoms. The average molecular weight is 372 g/mol. The fourth-order valence-corrected chi connectivity index (χ4v) is 2.90. The molecule has 0 aliphatic rings. The normalized spacial score (nSPS) is 14.7. The number of nitrogens with one attached hydrogen (secondary N) is 2. The fraction of sp³-hybridized carbons (Fsp3) is 0.524. The van der Waals surface area contributed by atoms with Gasteiger partial charge in [0.25, 0.3) is 0 Å². The maximum Gasteiger partial charge on any atom is 0.191 e. The first-order valence-electron chi connectivity index (χ1n) is 9.49. The van der Waals surface area contributed by atoms with Crippen molar-refractivity contribution in [2.75, 3.05) is 19.6 Å². The number of rotatable bonds is 8. The zero-order valence-electron chi connectivity index (χ0n) is 17.2. The Morgan fingerprint density at radius 1 is 1.19 bits per heavy atom. The molecule has 0 aliphatic carbocycles. The molecule has 0 fully saturated rings. The van der Waals surface area contributed by atoms with E-state index in [0.29, 0.717) is 19.0 Å². The summed E-state index contributed by atoms with van der Waals surface area (Å²) in [5.41, 5.74) is 1.10. The van der Waals surface area contributed by atoms with Gasteiger partial charge in [0.15, 0.2) is 5.96 Å². The first-order chi connectivity index (χ1) is 12.7. The standard InChI is InChI=1S/C21H33N5O/c1-6-22-19(24-16-21(4,27)18-13-25-26(5)14-18)23-15-20(2,3)12-17-10-8-7-9-11-17/h7-11,13-14,27H,6,12,15-16H2,1-5H3,(H2,22,23,24). The van der Waals surface area contributed by atoms with Crippen LogP contribution < -0.4 is 10.6 Å². The predicted molar refractivity (Wildman–Crippen MR) is 111 cm³/mol. The highest BCUT2D eigenvalue weighted by Gasteiger charge is 2.25. The van der Waals surface area contributed by atoms with E-state index in [1.54, 1.807) is 17.8 Å². The highest BCUT2D eigenvalue weighted by Crippen LogP contribution is 2.22. The van der Waals surface area contributed by atoms with Gasteiger partial charge in [-0.15, -0.1) is 0 Å². The zero-order valence-corrected chi connectivity index (χ0v) is 17.2. The summed E-state index contributed by atoms with van der Waals surface area (Å²) in [4.78, 5) is 4.75. The minimum absolute atomic E-state index is 0.0373. The number of benzene rings is 1. The van der Waals surface area contributed by atoms with Crippen LogP contribution in [0.3, 0.4) is 0 Å². The first-order valence-corrected chi connectivity index (χ1v) is 9.49. The summed E-state index contributed by atoms with van der Waals surface area (Å²) in [7, 11) is 1.84. The van der Waals surface area contributed by atoms with Crippen LogP contribution in [-0.4, -0.2) is 40.5 Å². The van der Waals surface area contributed by atoms with Gasteiger partial charge >= 0.3 is 0 Å². The second-order valence-corrected chi connectivity index (χ2v) is 8.05. The van der Waals surface area contributed by atoms with Gasteiger partial charge in [0.1, 0.15) is 5.60 Å². The van der Waals surface area contributed by atoms with Crippen LogP contribution in [0.5, 0.6) is 0 Å². The van der Waals surface area contributed by atoms with Crippen LogP contribution in [-0.2, 0) is 19.1 Å². The smallest absolute Gasteiger partial charge is 0.191 e. The van der Waals surface area contributed by atoms with Crippen LogP contribution in [0.2, 0.25) is 0 Å². The van der Waals surface area contributed by atoms with Gasteiger partial charge in [0.05, 0.1) is 12.7 Å². The Morgan fingerprint density at radius 2 is 1.89 bits per heavy atom. The summed E-state index contributed by atoms with van der Waals surface area (Å²) < 4.78 is 1.69. The molecule has 1 aromatic heterocycles. The number of guanidine groups is 1. The molecule has 1 aromatic carbocycles. The van der Waals surface area contributed by atoms with Crippen LogP contribution in [0, 0.1) is 5.41 Å². The predicted octanol–water partition coefficient (Wildman–Crippen LogP) is 2.45. The molecular weight excluding hydrogens is 338 g/mol. The van der Waals surface area contributed by atoms with E-state index in [9.17, 15) is 5.11 Å². The van der Waals surface area contributed by atoms with Crippen LogP contribution in [0.4, 0.5) is 0 Å². The SMILES string of the molecule is CCNC(=NCC(C)(C)Cc1ccccc1)NCC(C)(O)c1cnn(C)c1. The maximum absolute atomic E-state index is 10.7. The summed E-state index contributed by atoms with van der Waals surface area (Å²) in [6.07, 6.45) is 4.48. The third kappa shape index (κ3) is 6.71. The average Bonchev–Trinajstić information content (AvgIpc) is 3.05. The molecule has 1 heterocycles. The van der Waals surface area contributed by atoms with Gasteiger partial charge in [-0.25, -0.2) is 0 Å². The van der Waals surface area contributed by atoms with Crippen molar-refractivity contribution in [3.63, 3.8) is 0 Å². The Labute approximate surface area is 162 Å². The lowest BCUT2D eigenvalue weighted by Gasteiger charge is -2.26. The van der Waals surface area contributed by atoms with Crippen molar-refractivity contribution in [2.24, 2.45) is 17.5 Å². The number of hydrogen-bond donors (Lipinski definition) is 3. The Morgan fingerprint density at radius 3 is 2.48 bits per heavy atom. The molecule has 0 amide bonds. The van der Waals surface area contributed by atoms with Crippen LogP contribution >= 0.6 is 0 Å². The zero-order chi connectivity index (χ0) is 19.9. The summed E-state index contributed by atoms with van der Waals surface area (Å²) in [6.45, 7) is 10.1. The number of aliphatic hydroxyl groups is 1. The molecule has 0 bridgehead atoms. The third-order valence-corrected chi connectivity index (χ3v) is 4.46. The Hall–Kier alpha value is -2.34. The molecule has 1 unspecified atom stereocenters. The molecule has 1 atom stereocenters. The summed E-state index contributed by atoms with van der Waals surface area (Å²) >= 11 is 0. The van der Waals surface area contributed by atoms with E-state index in [4.69, 9.17) is 4.99 Å². The molecule has 0 saturated heterocycles. The van der Waals surface area contributed by atoms with Crippen molar-refractivity contribution in [2.45, 2.75) is 39.7 Å². The maximum atomic E-state index is 10.7. The van der Waals surface area contributed by atoms with E-state index in [-0.39, 0.29) is 5.41 Å². The Balaban J connectivity index is 1.98. The minimum atomic E-state index is -1.02. The molecule has 0 radical (unpaired) electrons. The van der Waals surface area contributed by atoms with Gasteiger partial charge in [-0.3, -0.25) is 9.67 Å². The second kappa shape index (κ2) is 9.04. The number of hydrogen-bond acceptors (Lipinski definition) is 3. The van der Waals surface area contributed by atoms with Gasteiger partial charge < -0.3 is 15.7 Å². The first kappa shape index (κ1) is 21.0. The molecular formula is C21H33N5O. The minimum Gasteiger partial charge on any atom is -0.383 e. The molecule has 6 nitrogen and oxygen atoms in total. The van der Waals surface area contributed by atoms with Crippen molar-refractivity contribution in [1.82, 2.24) is 20.4 Å². The number of aromatic nitrogens is 2. The molecule has 2 aromatic rings. The number of aryl methyl sites for hydroxylation is 1. The van der Waals surface area contributed by atoms with E-state index in [1.165, 1.54) is 5.56 Å². The molecule has 2 rings (SSSR count). The van der Waals surface area contributed by atoms with E-state index in [2.05, 4.69) is 53.8 Å². The lowest BCUT2D eigenvalue weighted by Crippen LogP contribution is -2.45. The van der Waals surface area contributed by atoms with Gasteiger partial charge in [-0.2, -0.15) is 5.10 Å². The summed E-state index contributed by atoms with van der Waals surface area (Å²) in [5, 5.41) is 21.4. The van der Waals surface area contributed by atoms with E-state index >= 15 is 0 Å². The number of aliphatic imine (C=N–C) groups is 1. The topological polar surface area (TPSA) is 74.5 Å². The molecule has 6 heteroatoms. The van der Waals surface area contributed by atoms with Gasteiger partial charge in [-0.05, 0) is 31.2 Å². The summed E-state index contributed by atoms with van der Waals surface area (Å²) in [5.74, 6) is 0.711. The van der Waals surface area contributed by atoms with Crippen molar-refractivity contribution in [3.8, 4) is 0 Å². The van der Waals surface area contributed by atoms with Gasteiger partial charge in [0, 0.05) is 31.9 Å². The molecule has 0 aliphatic heterocycles. The molecule has 3 N–H and O–H groups in total. The van der Waals surface area contributed by atoms with Crippen LogP contribution in [0.25, 0.3) is 0 Å². The van der Waals surface area contributed by atoms with Crippen molar-refractivity contribution in [3.05, 3.63) is 53.9 Å². The van der Waals surface area contributed by atoms with E-state index < -0.39 is 5.60 Å². The van der Waals surface area contributed by atoms with Crippen LogP contribution in [0.1, 0.15) is 38.8 Å². The molecule has 0 saturated carbocycles. The fourth-order valence-electron chi connectivity index (χ4n) is 2.90. The molecule has 27 heavy (non-hydrogen) atoms. The second-order valence-electron chi connectivity index (χ2n) is 8.05. The quantitative estimate of drug-likeness (QED) is 0.492. The largest absolute Gasteiger partial charge is 0.383 e. The van der Waals surface area contributed by atoms with Gasteiger partial charge in [-0.1, -0.05) is 44.2 Å². The highest BCUT2D eigenvalue weighted by atomic mass is 16.3. The van der Waals surface area contributed by atoms with Gasteiger partial charge in [0.2, 0.25) is 0 Å². The van der Waals surface area contributed by atoms with Crippen LogP contribution in [0.15, 0.2) is 47.7 Å². The lowest BCUT2D eigenvalue weighted by atomic mass is 9.86. The van der Waals surface area contributed by atoms with Crippen molar-refractivity contribution < 1.29 is 5.11 Å².